The van der Waals surface area contributed by atoms with E-state index in [-0.39, 0.29) is 19.4 Å². The van der Waals surface area contributed by atoms with Crippen LogP contribution >= 0.6 is 0 Å². The van der Waals surface area contributed by atoms with E-state index in [4.69, 9.17) is 20.9 Å². The molecule has 0 aliphatic carbocycles. The Bertz CT molecular complexity index is 324. The molecule has 1 saturated heterocycles. The topological polar surface area (TPSA) is 105 Å². The van der Waals surface area contributed by atoms with Crippen LogP contribution < -0.4 is 11.5 Å². The lowest BCUT2D eigenvalue weighted by Crippen LogP contribution is -2.53. The predicted molar refractivity (Wildman–Crippen MR) is 60.6 cm³/mol. The summed E-state index contributed by atoms with van der Waals surface area (Å²) in [5.74, 6) is -1.32. The maximum atomic E-state index is 12.1. The van der Waals surface area contributed by atoms with E-state index in [9.17, 15) is 9.59 Å². The predicted octanol–water partition coefficient (Wildman–Crippen LogP) is -0.105. The van der Waals surface area contributed by atoms with Crippen molar-refractivity contribution in [2.24, 2.45) is 16.9 Å². The Labute approximate surface area is 101 Å². The molecule has 0 aromatic carbocycles. The van der Waals surface area contributed by atoms with Gasteiger partial charge in [-0.15, -0.1) is 0 Å². The number of primary amides is 1. The van der Waals surface area contributed by atoms with E-state index >= 15 is 0 Å². The fourth-order valence-corrected chi connectivity index (χ4v) is 1.77. The van der Waals surface area contributed by atoms with Crippen LogP contribution in [-0.4, -0.2) is 30.3 Å². The molecule has 1 aliphatic heterocycles. The second-order valence-electron chi connectivity index (χ2n) is 5.31. The van der Waals surface area contributed by atoms with Crippen LogP contribution in [0.5, 0.6) is 0 Å². The van der Waals surface area contributed by atoms with Gasteiger partial charge in [-0.2, -0.15) is 0 Å². The summed E-state index contributed by atoms with van der Waals surface area (Å²) >= 11 is 0. The van der Waals surface area contributed by atoms with Crippen LogP contribution in [0.1, 0.15) is 33.6 Å². The van der Waals surface area contributed by atoms with Crippen molar-refractivity contribution in [1.29, 1.82) is 0 Å². The molecule has 98 valence electrons. The van der Waals surface area contributed by atoms with Crippen LogP contribution in [0, 0.1) is 5.41 Å². The molecule has 1 rings (SSSR count). The van der Waals surface area contributed by atoms with Gasteiger partial charge in [-0.25, -0.2) is 0 Å². The Hall–Kier alpha value is -1.14. The number of rotatable bonds is 2. The van der Waals surface area contributed by atoms with Gasteiger partial charge in [0.25, 0.3) is 0 Å². The van der Waals surface area contributed by atoms with Crippen molar-refractivity contribution < 1.29 is 19.1 Å². The average Bonchev–Trinajstić information content (AvgIpc) is 2.14. The zero-order chi connectivity index (χ0) is 13.3. The number of carbonyl (C=O) groups is 2. The highest BCUT2D eigenvalue weighted by Gasteiger charge is 2.50. The van der Waals surface area contributed by atoms with E-state index in [2.05, 4.69) is 0 Å². The summed E-state index contributed by atoms with van der Waals surface area (Å²) in [5.41, 5.74) is 8.92. The molecule has 2 atom stereocenters. The average molecular weight is 244 g/mol. The standard InChI is InChI=1S/C11H20N2O4/c1-10(2,3)17-9(15)11(8(13)14)4-5-16-7(12)6-11/h7H,4-6,12H2,1-3H3,(H2,13,14). The smallest absolute Gasteiger partial charge is 0.322 e. The molecule has 4 N–H and O–H groups in total. The van der Waals surface area contributed by atoms with Crippen LogP contribution in [-0.2, 0) is 19.1 Å². The largest absolute Gasteiger partial charge is 0.459 e. The van der Waals surface area contributed by atoms with Crippen molar-refractivity contribution in [3.05, 3.63) is 0 Å². The minimum atomic E-state index is -1.36. The van der Waals surface area contributed by atoms with E-state index in [1.807, 2.05) is 0 Å². The highest BCUT2D eigenvalue weighted by atomic mass is 16.6. The van der Waals surface area contributed by atoms with Crippen LogP contribution in [0.15, 0.2) is 0 Å². The van der Waals surface area contributed by atoms with Gasteiger partial charge in [-0.3, -0.25) is 9.59 Å². The van der Waals surface area contributed by atoms with E-state index < -0.39 is 29.1 Å². The molecule has 17 heavy (non-hydrogen) atoms. The Morgan fingerprint density at radius 2 is 2.00 bits per heavy atom. The van der Waals surface area contributed by atoms with Gasteiger partial charge in [0.05, 0.1) is 6.61 Å². The lowest BCUT2D eigenvalue weighted by Gasteiger charge is -2.36. The number of nitrogens with two attached hydrogens (primary N) is 2. The van der Waals surface area contributed by atoms with Crippen LogP contribution in [0.3, 0.4) is 0 Å². The van der Waals surface area contributed by atoms with E-state index in [1.54, 1.807) is 20.8 Å². The maximum Gasteiger partial charge on any atom is 0.322 e. The summed E-state index contributed by atoms with van der Waals surface area (Å²) in [4.78, 5) is 23.6. The van der Waals surface area contributed by atoms with Crippen molar-refractivity contribution in [2.45, 2.75) is 45.4 Å². The number of hydrogen-bond donors (Lipinski definition) is 2. The number of esters is 1. The second kappa shape index (κ2) is 4.62. The lowest BCUT2D eigenvalue weighted by molar-refractivity contribution is -0.179. The molecular weight excluding hydrogens is 224 g/mol. The Morgan fingerprint density at radius 1 is 1.41 bits per heavy atom. The maximum absolute atomic E-state index is 12.1. The zero-order valence-electron chi connectivity index (χ0n) is 10.5. The van der Waals surface area contributed by atoms with Crippen LogP contribution in [0.25, 0.3) is 0 Å². The quantitative estimate of drug-likeness (QED) is 0.521. The molecule has 0 bridgehead atoms. The number of amides is 1. The highest BCUT2D eigenvalue weighted by Crippen LogP contribution is 2.34. The summed E-state index contributed by atoms with van der Waals surface area (Å²) in [6, 6.07) is 0. The van der Waals surface area contributed by atoms with Crippen molar-refractivity contribution in [2.75, 3.05) is 6.61 Å². The molecule has 1 fully saturated rings. The second-order valence-corrected chi connectivity index (χ2v) is 5.31. The molecular formula is C11H20N2O4. The first-order chi connectivity index (χ1) is 7.67. The van der Waals surface area contributed by atoms with Gasteiger partial charge in [0, 0.05) is 6.42 Å². The van der Waals surface area contributed by atoms with Gasteiger partial charge in [-0.1, -0.05) is 0 Å². The molecule has 2 unspecified atom stereocenters. The molecule has 0 aromatic rings. The highest BCUT2D eigenvalue weighted by molar-refractivity contribution is 6.02. The first-order valence-electron chi connectivity index (χ1n) is 5.58. The fourth-order valence-electron chi connectivity index (χ4n) is 1.77. The molecule has 0 radical (unpaired) electrons. The van der Waals surface area contributed by atoms with Gasteiger partial charge in [0.15, 0.2) is 5.41 Å². The first-order valence-corrected chi connectivity index (χ1v) is 5.58. The molecule has 6 heteroatoms. The van der Waals surface area contributed by atoms with Gasteiger partial charge < -0.3 is 20.9 Å². The minimum absolute atomic E-state index is 0.0667. The van der Waals surface area contributed by atoms with E-state index in [0.717, 1.165) is 0 Å². The number of ether oxygens (including phenoxy) is 2. The molecule has 1 amide bonds. The fraction of sp³-hybridized carbons (Fsp3) is 0.818. The summed E-state index contributed by atoms with van der Waals surface area (Å²) in [7, 11) is 0. The van der Waals surface area contributed by atoms with E-state index in [1.165, 1.54) is 0 Å². The Morgan fingerprint density at radius 3 is 2.41 bits per heavy atom. The summed E-state index contributed by atoms with van der Waals surface area (Å²) in [6.45, 7) is 5.43. The van der Waals surface area contributed by atoms with Gasteiger partial charge in [-0.05, 0) is 27.2 Å². The van der Waals surface area contributed by atoms with Crippen molar-refractivity contribution in [3.8, 4) is 0 Å². The van der Waals surface area contributed by atoms with Crippen LogP contribution in [0.4, 0.5) is 0 Å². The third-order valence-corrected chi connectivity index (χ3v) is 2.67. The minimum Gasteiger partial charge on any atom is -0.459 e. The Kier molecular flexibility index (Phi) is 3.78. The molecule has 1 heterocycles. The molecule has 0 saturated carbocycles. The van der Waals surface area contributed by atoms with E-state index in [0.29, 0.717) is 0 Å². The molecule has 0 aromatic heterocycles. The summed E-state index contributed by atoms with van der Waals surface area (Å²) in [6.07, 6.45) is -0.383. The lowest BCUT2D eigenvalue weighted by atomic mass is 9.78. The number of hydrogen-bond acceptors (Lipinski definition) is 5. The Balaban J connectivity index is 2.92. The van der Waals surface area contributed by atoms with Gasteiger partial charge in [0.2, 0.25) is 5.91 Å². The SMILES string of the molecule is CC(C)(C)OC(=O)C1(C(N)=O)CCOC(N)C1. The van der Waals surface area contributed by atoms with Gasteiger partial charge >= 0.3 is 5.97 Å². The normalized spacial score (nSPS) is 29.8. The zero-order valence-corrected chi connectivity index (χ0v) is 10.5. The number of carbonyl (C=O) groups excluding carboxylic acids is 2. The molecule has 0 spiro atoms. The van der Waals surface area contributed by atoms with Crippen molar-refractivity contribution in [3.63, 3.8) is 0 Å². The van der Waals surface area contributed by atoms with Crippen molar-refractivity contribution in [1.82, 2.24) is 0 Å². The molecule has 6 nitrogen and oxygen atoms in total. The van der Waals surface area contributed by atoms with Crippen molar-refractivity contribution >= 4 is 11.9 Å². The third kappa shape index (κ3) is 3.17. The third-order valence-electron chi connectivity index (χ3n) is 2.67. The summed E-state index contributed by atoms with van der Waals surface area (Å²) in [5, 5.41) is 0. The first kappa shape index (κ1) is 13.9. The van der Waals surface area contributed by atoms with Gasteiger partial charge in [0.1, 0.15) is 11.8 Å². The summed E-state index contributed by atoms with van der Waals surface area (Å²) < 4.78 is 10.4. The van der Waals surface area contributed by atoms with Crippen LogP contribution in [0.2, 0.25) is 0 Å². The molecule has 1 aliphatic rings. The monoisotopic (exact) mass is 244 g/mol.